The van der Waals surface area contributed by atoms with E-state index in [9.17, 15) is 4.39 Å². The Bertz CT molecular complexity index is 2550. The zero-order valence-electron chi connectivity index (χ0n) is 32.9. The van der Waals surface area contributed by atoms with Gasteiger partial charge in [-0.3, -0.25) is 4.39 Å². The van der Waals surface area contributed by atoms with Crippen LogP contribution in [0.4, 0.5) is 13.2 Å². The van der Waals surface area contributed by atoms with Crippen molar-refractivity contribution in [3.63, 3.8) is 0 Å². The second-order valence-corrected chi connectivity index (χ2v) is 17.3. The van der Waals surface area contributed by atoms with E-state index in [0.29, 0.717) is 27.6 Å². The molecular formula is C40H31F3IrN4OSi-2. The van der Waals surface area contributed by atoms with Gasteiger partial charge in [0, 0.05) is 63.1 Å². The predicted octanol–water partition coefficient (Wildman–Crippen LogP) is 9.70. The first kappa shape index (κ1) is 28.9. The first-order valence-corrected chi connectivity index (χ1v) is 18.6. The van der Waals surface area contributed by atoms with Crippen molar-refractivity contribution in [1.82, 2.24) is 15.0 Å². The molecule has 7 aromatic rings. The average molecular weight is 867 g/mol. The summed E-state index contributed by atoms with van der Waals surface area (Å²) >= 11 is 0. The number of nitrogens with zero attached hydrogens (tertiary/aromatic N) is 4. The van der Waals surface area contributed by atoms with Gasteiger partial charge in [-0.15, -0.1) is 48.0 Å². The molecule has 0 aliphatic rings. The van der Waals surface area contributed by atoms with Crippen molar-refractivity contribution in [1.29, 1.82) is 5.26 Å². The maximum Gasteiger partial charge on any atom is 0.298 e. The molecule has 0 spiro atoms. The molecule has 3 aromatic carbocycles. The van der Waals surface area contributed by atoms with E-state index in [1.807, 2.05) is 6.07 Å². The van der Waals surface area contributed by atoms with Crippen LogP contribution in [0.25, 0.3) is 44.6 Å². The molecule has 0 bridgehead atoms. The number of aromatic nitrogens is 3. The third-order valence-corrected chi connectivity index (χ3v) is 9.90. The number of nitriles is 1. The van der Waals surface area contributed by atoms with Gasteiger partial charge in [-0.2, -0.15) is 14.0 Å². The van der Waals surface area contributed by atoms with Gasteiger partial charge in [0.2, 0.25) is 5.71 Å². The van der Waals surface area contributed by atoms with Crippen molar-refractivity contribution in [2.45, 2.75) is 39.3 Å². The largest absolute Gasteiger partial charge is 0.486 e. The molecule has 0 fully saturated rings. The number of benzene rings is 3. The Morgan fingerprint density at radius 1 is 0.880 bits per heavy atom. The molecule has 0 amide bonds. The van der Waals surface area contributed by atoms with Gasteiger partial charge >= 0.3 is 0 Å². The zero-order chi connectivity index (χ0) is 39.9. The van der Waals surface area contributed by atoms with Gasteiger partial charge < -0.3 is 14.4 Å². The summed E-state index contributed by atoms with van der Waals surface area (Å²) in [5, 5.41) is 11.5. The summed E-state index contributed by atoms with van der Waals surface area (Å²) in [5.74, 6) is -3.97. The fourth-order valence-corrected chi connectivity index (χ4v) is 6.35. The molecule has 0 atom stereocenters. The number of rotatable bonds is 5. The molecule has 0 unspecified atom stereocenters. The minimum atomic E-state index is -3.61. The molecular weight excluding hydrogens is 830 g/mol. The molecule has 50 heavy (non-hydrogen) atoms. The van der Waals surface area contributed by atoms with E-state index in [1.54, 1.807) is 48.5 Å². The summed E-state index contributed by atoms with van der Waals surface area (Å²) in [6, 6.07) is 28.6. The molecule has 0 N–H and O–H groups in total. The molecule has 4 aromatic heterocycles. The van der Waals surface area contributed by atoms with Gasteiger partial charge in [-0.1, -0.05) is 78.2 Å². The summed E-state index contributed by atoms with van der Waals surface area (Å²) in [6.07, 6.45) is 2.28. The van der Waals surface area contributed by atoms with Crippen LogP contribution in [0.5, 0.6) is 0 Å². The summed E-state index contributed by atoms with van der Waals surface area (Å²) in [4.78, 5) is 12.4. The molecule has 0 saturated carbocycles. The van der Waals surface area contributed by atoms with E-state index in [4.69, 9.17) is 17.9 Å². The van der Waals surface area contributed by atoms with E-state index in [1.165, 1.54) is 36.5 Å². The average Bonchev–Trinajstić information content (AvgIpc) is 3.52. The van der Waals surface area contributed by atoms with Crippen LogP contribution in [0.1, 0.15) is 36.2 Å². The molecule has 0 aliphatic heterocycles. The Hall–Kier alpha value is -4.94. The van der Waals surface area contributed by atoms with Crippen molar-refractivity contribution < 1.29 is 45.9 Å². The number of pyridine rings is 3. The van der Waals surface area contributed by atoms with E-state index in [0.717, 1.165) is 17.4 Å². The van der Waals surface area contributed by atoms with Crippen LogP contribution >= 0.6 is 0 Å². The number of furan rings is 1. The SMILES string of the molecule is [2H]C([2H])([2H])c1ccc(-c2[c-]cc(F)cc2)nc1.[2H]C([2H])([2H])c1cnc(-c2[c-]ccc3c2oc2nc(C#N)ccc23)cc1C(F)(F)c1ccc([Si](C)(C)C)cc1.[Ir]. The van der Waals surface area contributed by atoms with Gasteiger partial charge in [-0.05, 0) is 48.4 Å². The number of halogens is 3. The molecule has 5 nitrogen and oxygen atoms in total. The third-order valence-electron chi connectivity index (χ3n) is 7.84. The third kappa shape index (κ3) is 7.46. The maximum atomic E-state index is 16.0. The Balaban J connectivity index is 0.000000279. The van der Waals surface area contributed by atoms with Crippen LogP contribution in [-0.4, -0.2) is 23.0 Å². The van der Waals surface area contributed by atoms with Crippen LogP contribution in [0.3, 0.4) is 0 Å². The first-order valence-electron chi connectivity index (χ1n) is 18.1. The van der Waals surface area contributed by atoms with Gasteiger partial charge in [0.15, 0.2) is 0 Å². The summed E-state index contributed by atoms with van der Waals surface area (Å²) in [7, 11) is -1.72. The molecule has 0 aliphatic carbocycles. The van der Waals surface area contributed by atoms with Crippen molar-refractivity contribution in [3.05, 3.63) is 143 Å². The zero-order valence-corrected chi connectivity index (χ0v) is 30.3. The van der Waals surface area contributed by atoms with Crippen molar-refractivity contribution in [3.8, 4) is 28.6 Å². The summed E-state index contributed by atoms with van der Waals surface area (Å²) in [5.41, 5.74) is 0.932. The maximum absolute atomic E-state index is 16.0. The summed E-state index contributed by atoms with van der Waals surface area (Å²) < 4.78 is 96.0. The standard InChI is InChI=1S/C28H22F2N3OSi.C12H9FN.Ir/c1-17-16-32-25(14-24(17)28(29,30)18-8-11-20(12-9-18)35(2,3)4)23-7-5-6-21-22-13-10-19(15-31)33-27(22)34-26(21)23;1-9-2-7-12(14-8-9)10-3-5-11(13)6-4-10;/h5-6,8-14,16H,1-4H3;2-3,5-8H,1H3;/q2*-1;/i2*1D3;. The Labute approximate surface area is 311 Å². The minimum Gasteiger partial charge on any atom is -0.486 e. The number of hydrogen-bond donors (Lipinski definition) is 0. The molecule has 10 heteroatoms. The smallest absolute Gasteiger partial charge is 0.298 e. The molecule has 4 heterocycles. The monoisotopic (exact) mass is 867 g/mol. The minimum absolute atomic E-state index is 0. The van der Waals surface area contributed by atoms with Crippen LogP contribution < -0.4 is 5.19 Å². The van der Waals surface area contributed by atoms with Gasteiger partial charge in [0.25, 0.3) is 5.92 Å². The van der Waals surface area contributed by atoms with Crippen molar-refractivity contribution in [2.24, 2.45) is 0 Å². The van der Waals surface area contributed by atoms with Crippen molar-refractivity contribution >= 4 is 35.3 Å². The molecule has 1 radical (unpaired) electrons. The number of aryl methyl sites for hydroxylation is 2. The van der Waals surface area contributed by atoms with Gasteiger partial charge in [0.05, 0.1) is 13.7 Å². The fourth-order valence-electron chi connectivity index (χ4n) is 5.18. The van der Waals surface area contributed by atoms with E-state index in [-0.39, 0.29) is 59.7 Å². The molecule has 0 saturated heterocycles. The number of hydrogen-bond acceptors (Lipinski definition) is 5. The van der Waals surface area contributed by atoms with Crippen LogP contribution in [0.2, 0.25) is 19.6 Å². The fraction of sp³-hybridized carbons (Fsp3) is 0.150. The first-order chi connectivity index (χ1) is 25.8. The Morgan fingerprint density at radius 3 is 2.30 bits per heavy atom. The van der Waals surface area contributed by atoms with Crippen LogP contribution in [0.15, 0.2) is 102 Å². The number of alkyl halides is 2. The Kier molecular flexibility index (Phi) is 8.37. The summed E-state index contributed by atoms with van der Waals surface area (Å²) in [6.45, 7) is 1.39. The van der Waals surface area contributed by atoms with Crippen LogP contribution in [-0.2, 0) is 26.0 Å². The normalized spacial score (nSPS) is 13.7. The van der Waals surface area contributed by atoms with E-state index in [2.05, 4.69) is 46.7 Å². The number of fused-ring (bicyclic) bond motifs is 3. The van der Waals surface area contributed by atoms with Crippen molar-refractivity contribution in [2.75, 3.05) is 0 Å². The van der Waals surface area contributed by atoms with E-state index < -0.39 is 38.8 Å². The van der Waals surface area contributed by atoms with E-state index >= 15 is 8.78 Å². The molecule has 7 rings (SSSR count). The second kappa shape index (κ2) is 14.5. The van der Waals surface area contributed by atoms with Gasteiger partial charge in [0.1, 0.15) is 11.8 Å². The Morgan fingerprint density at radius 2 is 1.66 bits per heavy atom. The quantitative estimate of drug-likeness (QED) is 0.127. The van der Waals surface area contributed by atoms with Crippen LogP contribution in [0, 0.1) is 43.0 Å². The predicted molar refractivity (Wildman–Crippen MR) is 189 cm³/mol. The second-order valence-electron chi connectivity index (χ2n) is 12.2. The van der Waals surface area contributed by atoms with Gasteiger partial charge in [-0.25, -0.2) is 4.98 Å². The topological polar surface area (TPSA) is 75.6 Å². The molecule has 253 valence electrons.